The molecule has 0 spiro atoms. The van der Waals surface area contributed by atoms with E-state index in [0.717, 1.165) is 11.3 Å². The van der Waals surface area contributed by atoms with Gasteiger partial charge in [-0.2, -0.15) is 13.4 Å². The molecule has 0 aliphatic rings. The van der Waals surface area contributed by atoms with Gasteiger partial charge in [-0.05, 0) is 31.4 Å². The van der Waals surface area contributed by atoms with Crippen molar-refractivity contribution in [2.75, 3.05) is 4.72 Å². The third-order valence-electron chi connectivity index (χ3n) is 2.89. The highest BCUT2D eigenvalue weighted by atomic mass is 32.2. The van der Waals surface area contributed by atoms with Crippen LogP contribution in [-0.4, -0.2) is 39.3 Å². The first-order valence-corrected chi connectivity index (χ1v) is 8.84. The maximum absolute atomic E-state index is 12.4. The zero-order chi connectivity index (χ0) is 17.5. The van der Waals surface area contributed by atoms with E-state index in [1.165, 1.54) is 16.0 Å². The van der Waals surface area contributed by atoms with Crippen molar-refractivity contribution >= 4 is 39.0 Å². The van der Waals surface area contributed by atoms with Gasteiger partial charge in [-0.25, -0.2) is 14.3 Å². The molecule has 0 unspecified atom stereocenters. The summed E-state index contributed by atoms with van der Waals surface area (Å²) in [6, 6.07) is 3.12. The Balaban J connectivity index is 1.98. The van der Waals surface area contributed by atoms with E-state index < -0.39 is 21.3 Å². The Labute approximate surface area is 139 Å². The van der Waals surface area contributed by atoms with Crippen molar-refractivity contribution in [3.63, 3.8) is 0 Å². The monoisotopic (exact) mass is 369 g/mol. The second-order valence-electron chi connectivity index (χ2n) is 4.74. The number of nitrogens with zero attached hydrogens (tertiary/aromatic N) is 4. The molecule has 24 heavy (non-hydrogen) atoms. The number of thiophene rings is 1. The van der Waals surface area contributed by atoms with E-state index in [1.807, 2.05) is 0 Å². The number of aryl methyl sites for hydroxylation is 2. The molecule has 3 aromatic rings. The molecule has 3 aromatic heterocycles. The first-order valence-electron chi connectivity index (χ1n) is 6.48. The SMILES string of the molecule is Cc1cc(C)n2nc(S(=O)(=O)Nc3ccsc3OC(=O)O)nc2n1. The van der Waals surface area contributed by atoms with Crippen LogP contribution < -0.4 is 9.46 Å². The molecule has 10 nitrogen and oxygen atoms in total. The van der Waals surface area contributed by atoms with Crippen molar-refractivity contribution in [3.05, 3.63) is 28.9 Å². The average molecular weight is 369 g/mol. The number of rotatable bonds is 4. The summed E-state index contributed by atoms with van der Waals surface area (Å²) in [5.74, 6) is 0.153. The summed E-state index contributed by atoms with van der Waals surface area (Å²) in [5.41, 5.74) is 1.35. The minimum Gasteiger partial charge on any atom is -0.449 e. The highest BCUT2D eigenvalue weighted by Gasteiger charge is 2.24. The van der Waals surface area contributed by atoms with Crippen molar-refractivity contribution in [3.8, 4) is 5.06 Å². The number of aromatic nitrogens is 4. The van der Waals surface area contributed by atoms with Gasteiger partial charge in [0.1, 0.15) is 5.69 Å². The van der Waals surface area contributed by atoms with Gasteiger partial charge >= 0.3 is 6.16 Å². The highest BCUT2D eigenvalue weighted by molar-refractivity contribution is 7.92. The first-order chi connectivity index (χ1) is 11.3. The molecule has 2 N–H and O–H groups in total. The van der Waals surface area contributed by atoms with Crippen LogP contribution in [0.15, 0.2) is 22.7 Å². The maximum atomic E-state index is 12.4. The van der Waals surface area contributed by atoms with Crippen LogP contribution in [0.5, 0.6) is 5.06 Å². The highest BCUT2D eigenvalue weighted by Crippen LogP contribution is 2.32. The van der Waals surface area contributed by atoms with E-state index in [4.69, 9.17) is 5.11 Å². The van der Waals surface area contributed by atoms with Crippen molar-refractivity contribution < 1.29 is 23.1 Å². The van der Waals surface area contributed by atoms with Gasteiger partial charge in [0.25, 0.3) is 21.0 Å². The van der Waals surface area contributed by atoms with Crippen molar-refractivity contribution in [2.24, 2.45) is 0 Å². The molecule has 0 fully saturated rings. The Hall–Kier alpha value is -2.73. The number of nitrogens with one attached hydrogen (secondary N) is 1. The lowest BCUT2D eigenvalue weighted by Crippen LogP contribution is -2.15. The van der Waals surface area contributed by atoms with Gasteiger partial charge in [0, 0.05) is 11.4 Å². The van der Waals surface area contributed by atoms with Crippen molar-refractivity contribution in [1.82, 2.24) is 19.6 Å². The molecule has 12 heteroatoms. The van der Waals surface area contributed by atoms with Gasteiger partial charge in [-0.3, -0.25) is 4.72 Å². The fraction of sp³-hybridized carbons (Fsp3) is 0.167. The predicted octanol–water partition coefficient (Wildman–Crippen LogP) is 1.66. The van der Waals surface area contributed by atoms with Gasteiger partial charge in [-0.15, -0.1) is 16.4 Å². The fourth-order valence-electron chi connectivity index (χ4n) is 1.98. The maximum Gasteiger partial charge on any atom is 0.512 e. The van der Waals surface area contributed by atoms with E-state index in [9.17, 15) is 13.2 Å². The van der Waals surface area contributed by atoms with E-state index in [-0.39, 0.29) is 16.5 Å². The molecule has 0 amide bonds. The number of fused-ring (bicyclic) bond motifs is 1. The lowest BCUT2D eigenvalue weighted by atomic mass is 10.4. The van der Waals surface area contributed by atoms with Gasteiger partial charge in [0.15, 0.2) is 0 Å². The molecule has 3 heterocycles. The Morgan fingerprint density at radius 3 is 2.83 bits per heavy atom. The minimum atomic E-state index is -4.13. The van der Waals surface area contributed by atoms with Crippen LogP contribution in [0, 0.1) is 13.8 Å². The summed E-state index contributed by atoms with van der Waals surface area (Å²) in [6.45, 7) is 3.51. The Morgan fingerprint density at radius 2 is 2.12 bits per heavy atom. The Kier molecular flexibility index (Phi) is 3.85. The summed E-state index contributed by atoms with van der Waals surface area (Å²) < 4.78 is 32.9. The van der Waals surface area contributed by atoms with Gasteiger partial charge in [0.2, 0.25) is 5.06 Å². The summed E-state index contributed by atoms with van der Waals surface area (Å²) in [6.07, 6.45) is -1.54. The number of carbonyl (C=O) groups is 1. The van der Waals surface area contributed by atoms with Crippen LogP contribution in [0.4, 0.5) is 10.5 Å². The number of ether oxygens (including phenoxy) is 1. The molecule has 0 radical (unpaired) electrons. The van der Waals surface area contributed by atoms with Crippen LogP contribution in [-0.2, 0) is 10.0 Å². The lowest BCUT2D eigenvalue weighted by Gasteiger charge is -2.04. The summed E-state index contributed by atoms with van der Waals surface area (Å²) in [4.78, 5) is 18.6. The smallest absolute Gasteiger partial charge is 0.449 e. The Morgan fingerprint density at radius 1 is 1.38 bits per heavy atom. The summed E-state index contributed by atoms with van der Waals surface area (Å²) >= 11 is 0.935. The number of sulfonamides is 1. The van der Waals surface area contributed by atoms with E-state index in [0.29, 0.717) is 11.4 Å². The molecule has 0 saturated carbocycles. The van der Waals surface area contributed by atoms with Gasteiger partial charge in [0.05, 0.1) is 0 Å². The molecule has 0 aliphatic carbocycles. The number of hydrogen-bond acceptors (Lipinski definition) is 8. The van der Waals surface area contributed by atoms with Crippen molar-refractivity contribution in [2.45, 2.75) is 19.0 Å². The molecule has 0 atom stereocenters. The number of carboxylic acid groups (broad SMARTS) is 1. The molecular formula is C12H11N5O5S2. The normalized spacial score (nSPS) is 11.6. The number of hydrogen-bond donors (Lipinski definition) is 2. The predicted molar refractivity (Wildman–Crippen MR) is 84.0 cm³/mol. The topological polar surface area (TPSA) is 136 Å². The second kappa shape index (κ2) is 5.72. The molecule has 3 rings (SSSR count). The quantitative estimate of drug-likeness (QED) is 0.663. The van der Waals surface area contributed by atoms with Gasteiger partial charge < -0.3 is 9.84 Å². The lowest BCUT2D eigenvalue weighted by molar-refractivity contribution is 0.146. The van der Waals surface area contributed by atoms with Crippen LogP contribution in [0.3, 0.4) is 0 Å². The first kappa shape index (κ1) is 16.1. The van der Waals surface area contributed by atoms with Crippen LogP contribution in [0.2, 0.25) is 0 Å². The molecule has 0 bridgehead atoms. The van der Waals surface area contributed by atoms with Gasteiger partial charge in [-0.1, -0.05) is 0 Å². The largest absolute Gasteiger partial charge is 0.512 e. The molecular weight excluding hydrogens is 358 g/mol. The van der Waals surface area contributed by atoms with Crippen LogP contribution in [0.1, 0.15) is 11.4 Å². The summed E-state index contributed by atoms with van der Waals surface area (Å²) in [7, 11) is -4.13. The average Bonchev–Trinajstić information content (AvgIpc) is 3.05. The third-order valence-corrected chi connectivity index (χ3v) is 4.83. The second-order valence-corrected chi connectivity index (χ2v) is 7.20. The van der Waals surface area contributed by atoms with E-state index in [2.05, 4.69) is 24.5 Å². The molecule has 0 saturated heterocycles. The standard InChI is InChI=1S/C12H11N5O5S2/c1-6-5-7(2)17-10(13-6)14-11(15-17)24(20,21)16-8-3-4-23-9(8)22-12(18)19/h3-5,16H,1-2H3,(H,18,19). The van der Waals surface area contributed by atoms with Crippen LogP contribution >= 0.6 is 11.3 Å². The third kappa shape index (κ3) is 3.00. The molecule has 126 valence electrons. The fourth-order valence-corrected chi connectivity index (χ4v) is 3.67. The molecule has 0 aliphatic heterocycles. The van der Waals surface area contributed by atoms with Crippen molar-refractivity contribution in [1.29, 1.82) is 0 Å². The zero-order valence-electron chi connectivity index (χ0n) is 12.4. The van der Waals surface area contributed by atoms with E-state index >= 15 is 0 Å². The Bertz CT molecular complexity index is 1040. The van der Waals surface area contributed by atoms with Crippen LogP contribution in [0.25, 0.3) is 5.78 Å². The number of anilines is 1. The minimum absolute atomic E-state index is 0.0119. The zero-order valence-corrected chi connectivity index (χ0v) is 14.1. The molecule has 0 aromatic carbocycles. The van der Waals surface area contributed by atoms with E-state index in [1.54, 1.807) is 19.9 Å². The summed E-state index contributed by atoms with van der Waals surface area (Å²) in [5, 5.41) is 13.5.